The van der Waals surface area contributed by atoms with Crippen molar-refractivity contribution in [3.05, 3.63) is 28.2 Å². The van der Waals surface area contributed by atoms with E-state index in [4.69, 9.17) is 11.6 Å². The molecule has 0 N–H and O–H groups in total. The number of aromatic nitrogens is 1. The van der Waals surface area contributed by atoms with Crippen LogP contribution in [0.1, 0.15) is 16.1 Å². The lowest BCUT2D eigenvalue weighted by atomic mass is 10.3. The first-order valence-corrected chi connectivity index (χ1v) is 10.1. The molecule has 9 heteroatoms. The van der Waals surface area contributed by atoms with Crippen molar-refractivity contribution in [2.45, 2.75) is 12.5 Å². The lowest BCUT2D eigenvalue weighted by Crippen LogP contribution is -2.39. The van der Waals surface area contributed by atoms with Crippen LogP contribution in [0.25, 0.3) is 10.2 Å². The molecular weight excluding hydrogens is 358 g/mol. The molecule has 1 aliphatic heterocycles. The van der Waals surface area contributed by atoms with Gasteiger partial charge in [-0.05, 0) is 18.6 Å². The Kier molecular flexibility index (Phi) is 4.35. The quantitative estimate of drug-likeness (QED) is 0.825. The first kappa shape index (κ1) is 16.6. The number of fused-ring (bicyclic) bond motifs is 1. The maximum atomic E-state index is 12.6. The Bertz CT molecular complexity index is 865. The molecular formula is C14H16ClN3O3S2. The monoisotopic (exact) mass is 373 g/mol. The molecule has 1 aliphatic rings. The van der Waals surface area contributed by atoms with E-state index in [9.17, 15) is 13.2 Å². The third kappa shape index (κ3) is 3.21. The highest BCUT2D eigenvalue weighted by Crippen LogP contribution is 2.31. The predicted molar refractivity (Wildman–Crippen MR) is 91.5 cm³/mol. The number of nitrogens with zero attached hydrogens (tertiary/aromatic N) is 3. The summed E-state index contributed by atoms with van der Waals surface area (Å²) in [5.41, 5.74) is 0.704. The van der Waals surface area contributed by atoms with Crippen molar-refractivity contribution in [3.63, 3.8) is 0 Å². The average Bonchev–Trinajstić information content (AvgIpc) is 3.12. The number of likely N-dealkylation sites (tertiary alicyclic amines) is 1. The summed E-state index contributed by atoms with van der Waals surface area (Å²) in [7, 11) is -1.70. The Morgan fingerprint density at radius 3 is 2.91 bits per heavy atom. The number of sulfonamides is 1. The van der Waals surface area contributed by atoms with Crippen LogP contribution < -0.4 is 0 Å². The molecule has 2 aromatic rings. The molecule has 0 bridgehead atoms. The van der Waals surface area contributed by atoms with Crippen LogP contribution in [-0.4, -0.2) is 60.9 Å². The second kappa shape index (κ2) is 6.01. The van der Waals surface area contributed by atoms with Gasteiger partial charge in [-0.1, -0.05) is 11.6 Å². The van der Waals surface area contributed by atoms with Crippen LogP contribution in [-0.2, 0) is 10.0 Å². The fraction of sp³-hybridized carbons (Fsp3) is 0.429. The standard InChI is InChI=1S/C14H16ClN3O3S2/c1-17(23(2,20)21)9-4-6-18(8-9)14(19)12-7-11-13(22-12)10(15)3-5-16-11/h3,5,7,9H,4,6,8H2,1-2H3. The van der Waals surface area contributed by atoms with E-state index in [-0.39, 0.29) is 11.9 Å². The summed E-state index contributed by atoms with van der Waals surface area (Å²) in [6.45, 7) is 0.941. The van der Waals surface area contributed by atoms with Gasteiger partial charge in [0.15, 0.2) is 0 Å². The zero-order valence-corrected chi connectivity index (χ0v) is 15.1. The van der Waals surface area contributed by atoms with E-state index in [1.54, 1.807) is 30.3 Å². The van der Waals surface area contributed by atoms with E-state index in [1.807, 2.05) is 0 Å². The van der Waals surface area contributed by atoms with E-state index in [0.717, 1.165) is 4.70 Å². The van der Waals surface area contributed by atoms with Gasteiger partial charge in [0.1, 0.15) is 0 Å². The highest BCUT2D eigenvalue weighted by Gasteiger charge is 2.33. The van der Waals surface area contributed by atoms with Crippen LogP contribution in [0.2, 0.25) is 5.02 Å². The Hall–Kier alpha value is -1.22. The van der Waals surface area contributed by atoms with Gasteiger partial charge < -0.3 is 4.90 Å². The van der Waals surface area contributed by atoms with Gasteiger partial charge in [0.25, 0.3) is 5.91 Å². The molecule has 1 amide bonds. The predicted octanol–water partition coefficient (Wildman–Crippen LogP) is 2.06. The number of likely N-dealkylation sites (N-methyl/N-ethyl adjacent to an activating group) is 1. The Morgan fingerprint density at radius 2 is 2.26 bits per heavy atom. The normalized spacial score (nSPS) is 19.0. The van der Waals surface area contributed by atoms with Crippen LogP contribution in [0.15, 0.2) is 18.3 Å². The molecule has 6 nitrogen and oxygen atoms in total. The van der Waals surface area contributed by atoms with Gasteiger partial charge in [-0.3, -0.25) is 9.78 Å². The van der Waals surface area contributed by atoms with E-state index >= 15 is 0 Å². The van der Waals surface area contributed by atoms with Crippen LogP contribution in [0.4, 0.5) is 0 Å². The molecule has 3 rings (SSSR count). The fourth-order valence-corrected chi connectivity index (χ4v) is 4.63. The average molecular weight is 374 g/mol. The Labute approximate surface area is 143 Å². The van der Waals surface area contributed by atoms with E-state index in [1.165, 1.54) is 21.9 Å². The minimum atomic E-state index is -3.26. The molecule has 1 atom stereocenters. The SMILES string of the molecule is CN(C1CCN(C(=O)c2cc3nccc(Cl)c3s2)C1)S(C)(=O)=O. The summed E-state index contributed by atoms with van der Waals surface area (Å²) in [5.74, 6) is -0.103. The molecule has 0 saturated carbocycles. The van der Waals surface area contributed by atoms with Crippen LogP contribution in [0, 0.1) is 0 Å². The number of hydrogen-bond donors (Lipinski definition) is 0. The molecule has 0 aromatic carbocycles. The van der Waals surface area contributed by atoms with Crippen molar-refractivity contribution < 1.29 is 13.2 Å². The first-order chi connectivity index (χ1) is 10.8. The molecule has 23 heavy (non-hydrogen) atoms. The number of halogens is 1. The molecule has 0 radical (unpaired) electrons. The van der Waals surface area contributed by atoms with Crippen molar-refractivity contribution in [3.8, 4) is 0 Å². The van der Waals surface area contributed by atoms with E-state index in [2.05, 4.69) is 4.98 Å². The molecule has 1 unspecified atom stereocenters. The summed E-state index contributed by atoms with van der Waals surface area (Å²) in [4.78, 5) is 19.1. The maximum Gasteiger partial charge on any atom is 0.264 e. The maximum absolute atomic E-state index is 12.6. The highest BCUT2D eigenvalue weighted by molar-refractivity contribution is 7.88. The zero-order chi connectivity index (χ0) is 16.8. The van der Waals surface area contributed by atoms with Crippen molar-refractivity contribution >= 4 is 49.1 Å². The molecule has 1 saturated heterocycles. The lowest BCUT2D eigenvalue weighted by Gasteiger charge is -2.22. The minimum absolute atomic E-state index is 0.103. The van der Waals surface area contributed by atoms with Gasteiger partial charge in [0.05, 0.1) is 26.4 Å². The summed E-state index contributed by atoms with van der Waals surface area (Å²) >= 11 is 7.44. The third-order valence-corrected chi connectivity index (χ3v) is 6.98. The van der Waals surface area contributed by atoms with Crippen molar-refractivity contribution in [1.29, 1.82) is 0 Å². The minimum Gasteiger partial charge on any atom is -0.336 e. The van der Waals surface area contributed by atoms with Crippen LogP contribution in [0.3, 0.4) is 0 Å². The van der Waals surface area contributed by atoms with Crippen molar-refractivity contribution in [1.82, 2.24) is 14.2 Å². The fourth-order valence-electron chi connectivity index (χ4n) is 2.66. The third-order valence-electron chi connectivity index (χ3n) is 4.06. The van der Waals surface area contributed by atoms with Gasteiger partial charge >= 0.3 is 0 Å². The second-order valence-corrected chi connectivity index (χ2v) is 9.09. The van der Waals surface area contributed by atoms with Gasteiger partial charge in [-0.2, -0.15) is 0 Å². The Morgan fingerprint density at radius 1 is 1.52 bits per heavy atom. The number of thiophene rings is 1. The number of rotatable bonds is 3. The topological polar surface area (TPSA) is 70.6 Å². The van der Waals surface area contributed by atoms with Gasteiger partial charge in [-0.15, -0.1) is 11.3 Å². The summed E-state index contributed by atoms with van der Waals surface area (Å²) in [6.07, 6.45) is 3.43. The molecule has 1 fully saturated rings. The van der Waals surface area contributed by atoms with E-state index < -0.39 is 10.0 Å². The van der Waals surface area contributed by atoms with Gasteiger partial charge in [-0.25, -0.2) is 12.7 Å². The number of hydrogen-bond acceptors (Lipinski definition) is 5. The lowest BCUT2D eigenvalue weighted by molar-refractivity contribution is 0.0791. The summed E-state index contributed by atoms with van der Waals surface area (Å²) in [6, 6.07) is 3.26. The zero-order valence-electron chi connectivity index (χ0n) is 12.7. The van der Waals surface area contributed by atoms with Crippen LogP contribution >= 0.6 is 22.9 Å². The van der Waals surface area contributed by atoms with Crippen LogP contribution in [0.5, 0.6) is 0 Å². The summed E-state index contributed by atoms with van der Waals surface area (Å²) < 4.78 is 25.4. The number of carbonyl (C=O) groups is 1. The molecule has 2 aromatic heterocycles. The molecule has 124 valence electrons. The van der Waals surface area contributed by atoms with E-state index in [0.29, 0.717) is 34.9 Å². The van der Waals surface area contributed by atoms with Gasteiger partial charge in [0.2, 0.25) is 10.0 Å². The van der Waals surface area contributed by atoms with Crippen molar-refractivity contribution in [2.24, 2.45) is 0 Å². The van der Waals surface area contributed by atoms with Crippen molar-refractivity contribution in [2.75, 3.05) is 26.4 Å². The molecule has 0 spiro atoms. The van der Waals surface area contributed by atoms with Gasteiger partial charge in [0, 0.05) is 32.4 Å². The second-order valence-electron chi connectivity index (χ2n) is 5.59. The smallest absolute Gasteiger partial charge is 0.264 e. The first-order valence-electron chi connectivity index (χ1n) is 7.03. The number of amides is 1. The number of pyridine rings is 1. The largest absolute Gasteiger partial charge is 0.336 e. The summed E-state index contributed by atoms with van der Waals surface area (Å²) in [5, 5.41) is 0.579. The number of carbonyl (C=O) groups excluding carboxylic acids is 1. The highest BCUT2D eigenvalue weighted by atomic mass is 35.5. The Balaban J connectivity index is 1.80. The molecule has 0 aliphatic carbocycles. The molecule has 3 heterocycles.